The van der Waals surface area contributed by atoms with Gasteiger partial charge in [0.25, 0.3) is 5.56 Å². The van der Waals surface area contributed by atoms with Gasteiger partial charge in [-0.2, -0.15) is 0 Å². The smallest absolute Gasteiger partial charge is 0.307 e. The van der Waals surface area contributed by atoms with Gasteiger partial charge in [0.2, 0.25) is 0 Å². The Kier molecular flexibility index (Phi) is 6.09. The van der Waals surface area contributed by atoms with Crippen molar-refractivity contribution < 1.29 is 9.53 Å². The summed E-state index contributed by atoms with van der Waals surface area (Å²) in [6.45, 7) is 2.20. The summed E-state index contributed by atoms with van der Waals surface area (Å²) in [5.74, 6) is 0.603. The number of hydrogen-bond donors (Lipinski definition) is 1. The molecule has 2 aromatic carbocycles. The fraction of sp³-hybridized carbons (Fsp3) is 0.296. The van der Waals surface area contributed by atoms with Gasteiger partial charge in [-0.05, 0) is 41.9 Å². The first-order valence-corrected chi connectivity index (χ1v) is 12.2. The molecule has 6 heteroatoms. The second kappa shape index (κ2) is 9.32. The maximum Gasteiger partial charge on any atom is 0.307 e. The first-order valence-electron chi connectivity index (χ1n) is 11.4. The van der Waals surface area contributed by atoms with E-state index >= 15 is 0 Å². The van der Waals surface area contributed by atoms with Gasteiger partial charge in [-0.1, -0.05) is 67.6 Å². The van der Waals surface area contributed by atoms with Crippen molar-refractivity contribution in [3.05, 3.63) is 98.4 Å². The van der Waals surface area contributed by atoms with Crippen LogP contribution in [0.4, 0.5) is 0 Å². The van der Waals surface area contributed by atoms with Crippen LogP contribution in [0.5, 0.6) is 0 Å². The van der Waals surface area contributed by atoms with Gasteiger partial charge in [0.05, 0.1) is 11.8 Å². The molecular weight excluding hydrogens is 432 g/mol. The van der Waals surface area contributed by atoms with Crippen LogP contribution in [0.2, 0.25) is 0 Å². The molecule has 0 aliphatic heterocycles. The van der Waals surface area contributed by atoms with Crippen LogP contribution in [0.3, 0.4) is 0 Å². The molecule has 0 radical (unpaired) electrons. The number of rotatable bonds is 6. The first kappa shape index (κ1) is 21.6. The lowest BCUT2D eigenvalue weighted by Gasteiger charge is -2.17. The highest BCUT2D eigenvalue weighted by atomic mass is 32.1. The van der Waals surface area contributed by atoms with E-state index in [-0.39, 0.29) is 30.5 Å². The number of carbonyl (C=O) groups excluding carboxylic acids is 1. The average molecular weight is 459 g/mol. The van der Waals surface area contributed by atoms with Crippen molar-refractivity contribution in [3.63, 3.8) is 0 Å². The van der Waals surface area contributed by atoms with Crippen LogP contribution in [0.25, 0.3) is 10.2 Å². The molecule has 1 aliphatic rings. The number of aromatic amines is 1. The minimum absolute atomic E-state index is 0.0424. The number of ether oxygens (including phenoxy) is 1. The normalized spacial score (nSPS) is 15.5. The van der Waals surface area contributed by atoms with Crippen molar-refractivity contribution in [2.24, 2.45) is 5.92 Å². The maximum atomic E-state index is 12.8. The van der Waals surface area contributed by atoms with Crippen molar-refractivity contribution in [2.75, 3.05) is 0 Å². The molecule has 1 atom stereocenters. The number of nitrogens with zero attached hydrogens (tertiary/aromatic N) is 1. The highest BCUT2D eigenvalue weighted by Crippen LogP contribution is 2.35. The van der Waals surface area contributed by atoms with Gasteiger partial charge < -0.3 is 9.72 Å². The van der Waals surface area contributed by atoms with Gasteiger partial charge in [0, 0.05) is 10.8 Å². The SMILES string of the molecule is CC1CCc2c(sc3nc(COC(=O)CC(c4ccccc4)c4ccccc4)[nH]c(=O)c23)C1. The van der Waals surface area contributed by atoms with Crippen LogP contribution in [0.15, 0.2) is 65.5 Å². The lowest BCUT2D eigenvalue weighted by atomic mass is 9.89. The quantitative estimate of drug-likeness (QED) is 0.394. The molecule has 0 spiro atoms. The summed E-state index contributed by atoms with van der Waals surface area (Å²) >= 11 is 1.60. The lowest BCUT2D eigenvalue weighted by Crippen LogP contribution is -2.17. The van der Waals surface area contributed by atoms with Crippen LogP contribution in [0.1, 0.15) is 53.1 Å². The molecule has 2 aromatic heterocycles. The first-order chi connectivity index (χ1) is 16.1. The van der Waals surface area contributed by atoms with Crippen molar-refractivity contribution >= 4 is 27.5 Å². The Balaban J connectivity index is 1.32. The number of thiophene rings is 1. The van der Waals surface area contributed by atoms with Crippen molar-refractivity contribution in [1.29, 1.82) is 0 Å². The largest absolute Gasteiger partial charge is 0.457 e. The molecule has 0 fully saturated rings. The zero-order chi connectivity index (χ0) is 22.8. The third kappa shape index (κ3) is 4.62. The van der Waals surface area contributed by atoms with Crippen LogP contribution in [-0.2, 0) is 29.0 Å². The van der Waals surface area contributed by atoms with E-state index in [4.69, 9.17) is 4.74 Å². The molecule has 168 valence electrons. The summed E-state index contributed by atoms with van der Waals surface area (Å²) in [4.78, 5) is 35.0. The number of benzene rings is 2. The van der Waals surface area contributed by atoms with Gasteiger partial charge >= 0.3 is 5.97 Å². The molecule has 5 nitrogen and oxygen atoms in total. The molecule has 0 saturated carbocycles. The third-order valence-corrected chi connectivity index (χ3v) is 7.51. The molecule has 4 aromatic rings. The number of fused-ring (bicyclic) bond motifs is 3. The number of carbonyl (C=O) groups is 1. The van der Waals surface area contributed by atoms with E-state index in [0.29, 0.717) is 17.1 Å². The number of aryl methyl sites for hydroxylation is 1. The molecule has 5 rings (SSSR count). The third-order valence-electron chi connectivity index (χ3n) is 6.36. The minimum Gasteiger partial charge on any atom is -0.457 e. The number of hydrogen-bond acceptors (Lipinski definition) is 5. The second-order valence-corrected chi connectivity index (χ2v) is 9.87. The molecule has 33 heavy (non-hydrogen) atoms. The molecule has 2 heterocycles. The molecule has 1 unspecified atom stereocenters. The average Bonchev–Trinajstić information content (AvgIpc) is 3.20. The van der Waals surface area contributed by atoms with Crippen LogP contribution in [0, 0.1) is 5.92 Å². The van der Waals surface area contributed by atoms with E-state index < -0.39 is 0 Å². The summed E-state index contributed by atoms with van der Waals surface area (Å²) in [5, 5.41) is 0.713. The second-order valence-electron chi connectivity index (χ2n) is 8.78. The lowest BCUT2D eigenvalue weighted by molar-refractivity contribution is -0.145. The van der Waals surface area contributed by atoms with E-state index in [2.05, 4.69) is 16.9 Å². The fourth-order valence-corrected chi connectivity index (χ4v) is 6.04. The van der Waals surface area contributed by atoms with Gasteiger partial charge in [0.15, 0.2) is 0 Å². The Labute approximate surface area is 196 Å². The summed E-state index contributed by atoms with van der Waals surface area (Å²) in [6, 6.07) is 19.9. The monoisotopic (exact) mass is 458 g/mol. The zero-order valence-electron chi connectivity index (χ0n) is 18.5. The zero-order valence-corrected chi connectivity index (χ0v) is 19.4. The molecule has 1 N–H and O–H groups in total. The molecule has 0 saturated heterocycles. The number of esters is 1. The molecular formula is C27H26N2O3S. The van der Waals surface area contributed by atoms with Crippen LogP contribution < -0.4 is 5.56 Å². The summed E-state index contributed by atoms with van der Waals surface area (Å²) in [5.41, 5.74) is 3.14. The van der Waals surface area contributed by atoms with Gasteiger partial charge in [-0.25, -0.2) is 4.98 Å². The minimum atomic E-state index is -0.324. The number of aromatic nitrogens is 2. The Hall–Kier alpha value is -3.25. The van der Waals surface area contributed by atoms with Crippen molar-refractivity contribution in [2.45, 2.75) is 45.1 Å². The Morgan fingerprint density at radius 1 is 1.12 bits per heavy atom. The molecule has 0 amide bonds. The van der Waals surface area contributed by atoms with E-state index in [1.54, 1.807) is 11.3 Å². The van der Waals surface area contributed by atoms with E-state index in [0.717, 1.165) is 40.8 Å². The van der Waals surface area contributed by atoms with Gasteiger partial charge in [0.1, 0.15) is 17.3 Å². The Bertz CT molecular complexity index is 1290. The summed E-state index contributed by atoms with van der Waals surface area (Å²) in [6.07, 6.45) is 3.24. The van der Waals surface area contributed by atoms with Gasteiger partial charge in [-0.15, -0.1) is 11.3 Å². The maximum absolute atomic E-state index is 12.8. The highest BCUT2D eigenvalue weighted by molar-refractivity contribution is 7.18. The Morgan fingerprint density at radius 2 is 1.79 bits per heavy atom. The standard InChI is InChI=1S/C27H26N2O3S/c1-17-12-13-20-22(14-17)33-27-25(20)26(31)28-23(29-27)16-32-24(30)15-21(18-8-4-2-5-9-18)19-10-6-3-7-11-19/h2-11,17,21H,12-16H2,1H3,(H,28,29,31). The van der Waals surface area contributed by atoms with Gasteiger partial charge in [-0.3, -0.25) is 9.59 Å². The number of nitrogens with one attached hydrogen (secondary N) is 1. The topological polar surface area (TPSA) is 72.0 Å². The van der Waals surface area contributed by atoms with E-state index in [1.807, 2.05) is 60.7 Å². The Morgan fingerprint density at radius 3 is 2.45 bits per heavy atom. The van der Waals surface area contributed by atoms with Crippen LogP contribution >= 0.6 is 11.3 Å². The van der Waals surface area contributed by atoms with E-state index in [1.165, 1.54) is 4.88 Å². The van der Waals surface area contributed by atoms with Crippen molar-refractivity contribution in [3.8, 4) is 0 Å². The fourth-order valence-electron chi connectivity index (χ4n) is 4.64. The highest BCUT2D eigenvalue weighted by Gasteiger charge is 2.23. The van der Waals surface area contributed by atoms with E-state index in [9.17, 15) is 9.59 Å². The van der Waals surface area contributed by atoms with Crippen molar-refractivity contribution in [1.82, 2.24) is 9.97 Å². The summed E-state index contributed by atoms with van der Waals surface area (Å²) in [7, 11) is 0. The molecule has 0 bridgehead atoms. The molecule has 1 aliphatic carbocycles. The van der Waals surface area contributed by atoms with Crippen LogP contribution in [-0.4, -0.2) is 15.9 Å². The number of H-pyrrole nitrogens is 1. The predicted octanol–water partition coefficient (Wildman–Crippen LogP) is 5.37. The predicted molar refractivity (Wildman–Crippen MR) is 131 cm³/mol. The summed E-state index contributed by atoms with van der Waals surface area (Å²) < 4.78 is 5.56.